The fraction of sp³-hybridized carbons (Fsp3) is 0.929. The molecule has 0 atom stereocenters. The van der Waals surface area contributed by atoms with E-state index in [0.717, 1.165) is 51.5 Å². The second-order valence-electron chi connectivity index (χ2n) is 5.53. The van der Waals surface area contributed by atoms with E-state index in [9.17, 15) is 0 Å². The van der Waals surface area contributed by atoms with Gasteiger partial charge < -0.3 is 20.1 Å². The number of halogens is 1. The Morgan fingerprint density at radius 3 is 2.45 bits per heavy atom. The zero-order valence-electron chi connectivity index (χ0n) is 13.2. The van der Waals surface area contributed by atoms with Gasteiger partial charge >= 0.3 is 0 Å². The summed E-state index contributed by atoms with van der Waals surface area (Å²) in [5.41, 5.74) is -0.117. The van der Waals surface area contributed by atoms with Gasteiger partial charge in [-0.05, 0) is 12.3 Å². The maximum Gasteiger partial charge on any atom is 0.191 e. The van der Waals surface area contributed by atoms with Crippen molar-refractivity contribution in [1.29, 1.82) is 0 Å². The van der Waals surface area contributed by atoms with E-state index in [-0.39, 0.29) is 29.6 Å². The molecule has 1 heterocycles. The van der Waals surface area contributed by atoms with Gasteiger partial charge in [0.2, 0.25) is 0 Å². The smallest absolute Gasteiger partial charge is 0.191 e. The zero-order valence-corrected chi connectivity index (χ0v) is 15.5. The van der Waals surface area contributed by atoms with Gasteiger partial charge in [0.15, 0.2) is 5.96 Å². The molecule has 0 radical (unpaired) electrons. The van der Waals surface area contributed by atoms with Gasteiger partial charge in [0.25, 0.3) is 0 Å². The molecular weight excluding hydrogens is 369 g/mol. The van der Waals surface area contributed by atoms with Crippen LogP contribution in [0.25, 0.3) is 0 Å². The monoisotopic (exact) mass is 399 g/mol. The molecule has 1 fully saturated rings. The summed E-state index contributed by atoms with van der Waals surface area (Å²) in [4.78, 5) is 4.24. The third kappa shape index (κ3) is 7.08. The highest BCUT2D eigenvalue weighted by Gasteiger charge is 2.32. The van der Waals surface area contributed by atoms with Gasteiger partial charge in [-0.1, -0.05) is 13.8 Å². The van der Waals surface area contributed by atoms with Crippen molar-refractivity contribution in [3.05, 3.63) is 0 Å². The number of methoxy groups -OCH3 is 1. The highest BCUT2D eigenvalue weighted by molar-refractivity contribution is 14.0. The summed E-state index contributed by atoms with van der Waals surface area (Å²) in [5, 5.41) is 6.70. The maximum absolute atomic E-state index is 5.69. The molecular formula is C14H30IN3O2. The van der Waals surface area contributed by atoms with Crippen LogP contribution >= 0.6 is 24.0 Å². The Morgan fingerprint density at radius 2 is 1.95 bits per heavy atom. The number of guanidine groups is 1. The normalized spacial score (nSPS) is 18.6. The molecule has 120 valence electrons. The largest absolute Gasteiger partial charge is 0.381 e. The van der Waals surface area contributed by atoms with Crippen molar-refractivity contribution in [2.75, 3.05) is 40.5 Å². The predicted octanol–water partition coefficient (Wildman–Crippen LogP) is 2.01. The lowest BCUT2D eigenvalue weighted by atomic mass is 9.94. The van der Waals surface area contributed by atoms with E-state index >= 15 is 0 Å². The molecule has 1 aliphatic heterocycles. The summed E-state index contributed by atoms with van der Waals surface area (Å²) in [6.07, 6.45) is 3.00. The highest BCUT2D eigenvalue weighted by atomic mass is 127. The van der Waals surface area contributed by atoms with Crippen molar-refractivity contribution >= 4 is 29.9 Å². The molecule has 0 aromatic rings. The van der Waals surface area contributed by atoms with Crippen LogP contribution in [0.5, 0.6) is 0 Å². The van der Waals surface area contributed by atoms with Gasteiger partial charge in [0.05, 0.1) is 5.60 Å². The average Bonchev–Trinajstić information content (AvgIpc) is 2.43. The van der Waals surface area contributed by atoms with Crippen LogP contribution in [0, 0.1) is 5.92 Å². The quantitative estimate of drug-likeness (QED) is 0.408. The van der Waals surface area contributed by atoms with E-state index in [2.05, 4.69) is 29.5 Å². The molecule has 0 aromatic heterocycles. The van der Waals surface area contributed by atoms with Crippen molar-refractivity contribution in [2.24, 2.45) is 10.9 Å². The second kappa shape index (κ2) is 10.6. The van der Waals surface area contributed by atoms with Crippen LogP contribution in [0.4, 0.5) is 0 Å². The molecule has 6 heteroatoms. The van der Waals surface area contributed by atoms with Crippen molar-refractivity contribution < 1.29 is 9.47 Å². The number of rotatable bonds is 6. The van der Waals surface area contributed by atoms with Crippen molar-refractivity contribution in [2.45, 2.75) is 38.7 Å². The van der Waals surface area contributed by atoms with Crippen LogP contribution in [0.15, 0.2) is 4.99 Å². The molecule has 0 spiro atoms. The summed E-state index contributed by atoms with van der Waals surface area (Å²) in [5.74, 6) is 1.55. The van der Waals surface area contributed by atoms with E-state index in [1.165, 1.54) is 0 Å². The molecule has 20 heavy (non-hydrogen) atoms. The van der Waals surface area contributed by atoms with Crippen LogP contribution in [0.2, 0.25) is 0 Å². The summed E-state index contributed by atoms with van der Waals surface area (Å²) >= 11 is 0. The Kier molecular flexibility index (Phi) is 10.6. The Hall–Kier alpha value is -0.0800. The minimum Gasteiger partial charge on any atom is -0.381 e. The minimum atomic E-state index is -0.117. The zero-order chi connectivity index (χ0) is 14.1. The SMILES string of the molecule is CN=C(NCCC(C)C)NCC1(OC)CCOCC1.I. The van der Waals surface area contributed by atoms with Gasteiger partial charge in [-0.2, -0.15) is 0 Å². The molecule has 5 nitrogen and oxygen atoms in total. The molecule has 0 aliphatic carbocycles. The molecule has 2 N–H and O–H groups in total. The lowest BCUT2D eigenvalue weighted by Crippen LogP contribution is -2.50. The predicted molar refractivity (Wildman–Crippen MR) is 94.0 cm³/mol. The highest BCUT2D eigenvalue weighted by Crippen LogP contribution is 2.23. The van der Waals surface area contributed by atoms with Crippen molar-refractivity contribution in [1.82, 2.24) is 10.6 Å². The Bertz CT molecular complexity index is 280. The molecule has 0 unspecified atom stereocenters. The van der Waals surface area contributed by atoms with Gasteiger partial charge in [0, 0.05) is 53.3 Å². The lowest BCUT2D eigenvalue weighted by molar-refractivity contribution is -0.0855. The van der Waals surface area contributed by atoms with E-state index in [1.807, 2.05) is 0 Å². The van der Waals surface area contributed by atoms with Gasteiger partial charge in [-0.25, -0.2) is 0 Å². The fourth-order valence-electron chi connectivity index (χ4n) is 2.14. The summed E-state index contributed by atoms with van der Waals surface area (Å²) in [7, 11) is 3.58. The van der Waals surface area contributed by atoms with E-state index in [4.69, 9.17) is 9.47 Å². The first kappa shape index (κ1) is 19.9. The molecule has 1 aliphatic rings. The molecule has 0 saturated carbocycles. The maximum atomic E-state index is 5.69. The number of ether oxygens (including phenoxy) is 2. The Balaban J connectivity index is 0.00000361. The van der Waals surface area contributed by atoms with Gasteiger partial charge in [-0.15, -0.1) is 24.0 Å². The third-order valence-corrected chi connectivity index (χ3v) is 3.65. The van der Waals surface area contributed by atoms with E-state index in [1.54, 1.807) is 14.2 Å². The van der Waals surface area contributed by atoms with E-state index in [0.29, 0.717) is 5.92 Å². The fourth-order valence-corrected chi connectivity index (χ4v) is 2.14. The first-order valence-corrected chi connectivity index (χ1v) is 7.19. The summed E-state index contributed by atoms with van der Waals surface area (Å²) in [6, 6.07) is 0. The number of hydrogen-bond donors (Lipinski definition) is 2. The molecule has 1 saturated heterocycles. The second-order valence-corrected chi connectivity index (χ2v) is 5.53. The third-order valence-electron chi connectivity index (χ3n) is 3.65. The summed E-state index contributed by atoms with van der Waals surface area (Å²) in [6.45, 7) is 7.71. The lowest BCUT2D eigenvalue weighted by Gasteiger charge is -2.36. The van der Waals surface area contributed by atoms with Crippen molar-refractivity contribution in [3.63, 3.8) is 0 Å². The van der Waals surface area contributed by atoms with Gasteiger partial charge in [0.1, 0.15) is 0 Å². The number of nitrogens with zero attached hydrogens (tertiary/aromatic N) is 1. The first-order valence-electron chi connectivity index (χ1n) is 7.19. The summed E-state index contributed by atoms with van der Waals surface area (Å²) < 4.78 is 11.1. The number of nitrogens with one attached hydrogen (secondary N) is 2. The Labute approximate surface area is 140 Å². The van der Waals surface area contributed by atoms with Crippen LogP contribution in [0.1, 0.15) is 33.1 Å². The standard InChI is InChI=1S/C14H29N3O2.HI/c1-12(2)5-8-16-13(15-3)17-11-14(18-4)6-9-19-10-7-14;/h12H,5-11H2,1-4H3,(H2,15,16,17);1H. The van der Waals surface area contributed by atoms with Crippen LogP contribution in [-0.4, -0.2) is 52.0 Å². The number of hydrogen-bond acceptors (Lipinski definition) is 3. The van der Waals surface area contributed by atoms with Crippen LogP contribution in [0.3, 0.4) is 0 Å². The molecule has 0 aromatic carbocycles. The molecule has 0 bridgehead atoms. The first-order chi connectivity index (χ1) is 9.12. The molecule has 0 amide bonds. The van der Waals surface area contributed by atoms with Crippen molar-refractivity contribution in [3.8, 4) is 0 Å². The van der Waals surface area contributed by atoms with Crippen LogP contribution < -0.4 is 10.6 Å². The minimum absolute atomic E-state index is 0. The topological polar surface area (TPSA) is 54.9 Å². The van der Waals surface area contributed by atoms with Gasteiger partial charge in [-0.3, -0.25) is 4.99 Å². The van der Waals surface area contributed by atoms with E-state index < -0.39 is 0 Å². The van der Waals surface area contributed by atoms with Crippen LogP contribution in [-0.2, 0) is 9.47 Å². The average molecular weight is 399 g/mol. The number of aliphatic imine (C=N–C) groups is 1. The Morgan fingerprint density at radius 1 is 1.30 bits per heavy atom. The molecule has 1 rings (SSSR count).